The third-order valence-electron chi connectivity index (χ3n) is 2.44. The fourth-order valence-electron chi connectivity index (χ4n) is 1.79. The Morgan fingerprint density at radius 2 is 2.29 bits per heavy atom. The van der Waals surface area contributed by atoms with Gasteiger partial charge in [-0.25, -0.2) is 4.98 Å². The summed E-state index contributed by atoms with van der Waals surface area (Å²) >= 11 is 5.95. The normalized spacial score (nSPS) is 15.6. The fraction of sp³-hybridized carbons (Fsp3) is 0.417. The number of nitrogens with zero attached hydrogens (tertiary/aromatic N) is 3. The van der Waals surface area contributed by atoms with Gasteiger partial charge in [-0.2, -0.15) is 10.1 Å². The minimum Gasteiger partial charge on any atom is -0.272 e. The average molecular weight is 252 g/mol. The van der Waals surface area contributed by atoms with Gasteiger partial charge in [-0.05, 0) is 24.5 Å². The Kier molecular flexibility index (Phi) is 3.43. The maximum atomic E-state index is 11.8. The Bertz CT molecular complexity index is 471. The van der Waals surface area contributed by atoms with E-state index in [0.29, 0.717) is 23.2 Å². The van der Waals surface area contributed by atoms with Crippen molar-refractivity contribution >= 4 is 28.9 Å². The summed E-state index contributed by atoms with van der Waals surface area (Å²) in [4.78, 5) is 15.8. The number of amides is 1. The SMILES string of the molecule is CC(C)CC1=NN(c2cccnc2Cl)C(=O)C1. The topological polar surface area (TPSA) is 45.6 Å². The first-order chi connectivity index (χ1) is 8.08. The lowest BCUT2D eigenvalue weighted by molar-refractivity contribution is -0.116. The molecule has 5 heteroatoms. The number of carbonyl (C=O) groups excluding carboxylic acids is 1. The van der Waals surface area contributed by atoms with Crippen molar-refractivity contribution in [1.82, 2.24) is 4.98 Å². The zero-order valence-corrected chi connectivity index (χ0v) is 10.6. The quantitative estimate of drug-likeness (QED) is 0.776. The Balaban J connectivity index is 2.25. The van der Waals surface area contributed by atoms with Gasteiger partial charge < -0.3 is 0 Å². The Morgan fingerprint density at radius 1 is 1.53 bits per heavy atom. The van der Waals surface area contributed by atoms with Crippen LogP contribution in [-0.4, -0.2) is 16.6 Å². The minimum atomic E-state index is -0.0458. The van der Waals surface area contributed by atoms with Gasteiger partial charge in [-0.3, -0.25) is 4.79 Å². The van der Waals surface area contributed by atoms with E-state index in [0.717, 1.165) is 12.1 Å². The molecule has 0 bridgehead atoms. The number of hydrogen-bond acceptors (Lipinski definition) is 3. The van der Waals surface area contributed by atoms with E-state index in [-0.39, 0.29) is 5.91 Å². The summed E-state index contributed by atoms with van der Waals surface area (Å²) in [6, 6.07) is 3.49. The first-order valence-electron chi connectivity index (χ1n) is 5.57. The smallest absolute Gasteiger partial charge is 0.253 e. The van der Waals surface area contributed by atoms with E-state index in [1.807, 2.05) is 0 Å². The second-order valence-corrected chi connectivity index (χ2v) is 4.82. The standard InChI is InChI=1S/C12H14ClN3O/c1-8(2)6-9-7-11(17)16(15-9)10-4-3-5-14-12(10)13/h3-5,8H,6-7H2,1-2H3. The van der Waals surface area contributed by atoms with Crippen LogP contribution in [0.5, 0.6) is 0 Å². The Morgan fingerprint density at radius 3 is 2.94 bits per heavy atom. The number of hydrogen-bond donors (Lipinski definition) is 0. The molecule has 1 amide bonds. The van der Waals surface area contributed by atoms with E-state index in [1.165, 1.54) is 5.01 Å². The highest BCUT2D eigenvalue weighted by Crippen LogP contribution is 2.27. The van der Waals surface area contributed by atoms with Gasteiger partial charge in [0.15, 0.2) is 5.15 Å². The highest BCUT2D eigenvalue weighted by Gasteiger charge is 2.26. The zero-order valence-electron chi connectivity index (χ0n) is 9.85. The maximum Gasteiger partial charge on any atom is 0.253 e. The molecule has 0 aliphatic carbocycles. The van der Waals surface area contributed by atoms with Gasteiger partial charge >= 0.3 is 0 Å². The molecule has 1 aliphatic heterocycles. The molecule has 90 valence electrons. The van der Waals surface area contributed by atoms with Crippen molar-refractivity contribution in [3.05, 3.63) is 23.5 Å². The van der Waals surface area contributed by atoms with E-state index in [1.54, 1.807) is 18.3 Å². The summed E-state index contributed by atoms with van der Waals surface area (Å²) < 4.78 is 0. The predicted octanol–water partition coefficient (Wildman–Crippen LogP) is 2.87. The monoisotopic (exact) mass is 251 g/mol. The van der Waals surface area contributed by atoms with E-state index in [2.05, 4.69) is 23.9 Å². The van der Waals surface area contributed by atoms with Crippen LogP contribution in [0.2, 0.25) is 5.15 Å². The number of hydrazone groups is 1. The molecule has 0 saturated heterocycles. The highest BCUT2D eigenvalue weighted by atomic mass is 35.5. The summed E-state index contributed by atoms with van der Waals surface area (Å²) in [6.45, 7) is 4.21. The van der Waals surface area contributed by atoms with Crippen LogP contribution in [0.25, 0.3) is 0 Å². The molecule has 17 heavy (non-hydrogen) atoms. The molecular formula is C12H14ClN3O. The van der Waals surface area contributed by atoms with Crippen LogP contribution in [0.1, 0.15) is 26.7 Å². The molecule has 2 heterocycles. The molecule has 1 aromatic heterocycles. The number of rotatable bonds is 3. The molecule has 0 atom stereocenters. The van der Waals surface area contributed by atoms with Gasteiger partial charge in [-0.1, -0.05) is 25.4 Å². The molecule has 0 N–H and O–H groups in total. The van der Waals surface area contributed by atoms with Crippen LogP contribution in [0.3, 0.4) is 0 Å². The van der Waals surface area contributed by atoms with Crippen molar-refractivity contribution in [2.24, 2.45) is 11.0 Å². The van der Waals surface area contributed by atoms with Crippen molar-refractivity contribution in [3.8, 4) is 0 Å². The molecule has 0 saturated carbocycles. The minimum absolute atomic E-state index is 0.0458. The molecule has 1 aromatic rings. The van der Waals surface area contributed by atoms with E-state index in [9.17, 15) is 4.79 Å². The van der Waals surface area contributed by atoms with Gasteiger partial charge in [0, 0.05) is 11.9 Å². The molecule has 0 fully saturated rings. The number of halogens is 1. The molecule has 1 aliphatic rings. The highest BCUT2D eigenvalue weighted by molar-refractivity contribution is 6.33. The van der Waals surface area contributed by atoms with Gasteiger partial charge in [-0.15, -0.1) is 0 Å². The summed E-state index contributed by atoms with van der Waals surface area (Å²) in [7, 11) is 0. The van der Waals surface area contributed by atoms with Crippen molar-refractivity contribution in [3.63, 3.8) is 0 Å². The number of pyridine rings is 1. The van der Waals surface area contributed by atoms with Crippen molar-refractivity contribution in [2.45, 2.75) is 26.7 Å². The molecule has 2 rings (SSSR count). The lowest BCUT2D eigenvalue weighted by Crippen LogP contribution is -2.20. The van der Waals surface area contributed by atoms with Crippen molar-refractivity contribution < 1.29 is 4.79 Å². The molecule has 0 unspecified atom stereocenters. The van der Waals surface area contributed by atoms with Gasteiger partial charge in [0.25, 0.3) is 5.91 Å². The van der Waals surface area contributed by atoms with Gasteiger partial charge in [0.1, 0.15) is 5.69 Å². The Labute approximate surface area is 105 Å². The number of aromatic nitrogens is 1. The fourth-order valence-corrected chi connectivity index (χ4v) is 1.99. The summed E-state index contributed by atoms with van der Waals surface area (Å²) in [5.41, 5.74) is 1.46. The zero-order chi connectivity index (χ0) is 12.4. The third-order valence-corrected chi connectivity index (χ3v) is 2.74. The molecule has 0 aromatic carbocycles. The third kappa shape index (κ3) is 2.64. The van der Waals surface area contributed by atoms with Crippen LogP contribution in [0.4, 0.5) is 5.69 Å². The molecule has 0 radical (unpaired) electrons. The Hall–Kier alpha value is -1.42. The summed E-state index contributed by atoms with van der Waals surface area (Å²) in [5, 5.41) is 5.97. The predicted molar refractivity (Wildman–Crippen MR) is 68.2 cm³/mol. The van der Waals surface area contributed by atoms with E-state index in [4.69, 9.17) is 11.6 Å². The summed E-state index contributed by atoms with van der Waals surface area (Å²) in [6.07, 6.45) is 2.80. The maximum absolute atomic E-state index is 11.8. The lowest BCUT2D eigenvalue weighted by Gasteiger charge is -2.11. The largest absolute Gasteiger partial charge is 0.272 e. The van der Waals surface area contributed by atoms with Crippen LogP contribution in [0, 0.1) is 5.92 Å². The van der Waals surface area contributed by atoms with Crippen LogP contribution < -0.4 is 5.01 Å². The van der Waals surface area contributed by atoms with Crippen LogP contribution in [0.15, 0.2) is 23.4 Å². The average Bonchev–Trinajstić information content (AvgIpc) is 2.59. The lowest BCUT2D eigenvalue weighted by atomic mass is 10.1. The first kappa shape index (κ1) is 12.0. The van der Waals surface area contributed by atoms with Crippen molar-refractivity contribution in [2.75, 3.05) is 5.01 Å². The second kappa shape index (κ2) is 4.84. The molecule has 4 nitrogen and oxygen atoms in total. The summed E-state index contributed by atoms with van der Waals surface area (Å²) in [5.74, 6) is 0.446. The number of carbonyl (C=O) groups is 1. The van der Waals surface area contributed by atoms with E-state index >= 15 is 0 Å². The first-order valence-corrected chi connectivity index (χ1v) is 5.95. The van der Waals surface area contributed by atoms with E-state index < -0.39 is 0 Å². The van der Waals surface area contributed by atoms with Crippen LogP contribution in [-0.2, 0) is 4.79 Å². The van der Waals surface area contributed by atoms with Crippen molar-refractivity contribution in [1.29, 1.82) is 0 Å². The molecular weight excluding hydrogens is 238 g/mol. The van der Waals surface area contributed by atoms with Gasteiger partial charge in [0.2, 0.25) is 0 Å². The van der Waals surface area contributed by atoms with Crippen LogP contribution >= 0.6 is 11.6 Å². The number of anilines is 1. The molecule has 0 spiro atoms. The second-order valence-electron chi connectivity index (χ2n) is 4.46. The van der Waals surface area contributed by atoms with Gasteiger partial charge in [0.05, 0.1) is 6.42 Å².